The summed E-state index contributed by atoms with van der Waals surface area (Å²) in [6, 6.07) is 11.3. The van der Waals surface area contributed by atoms with Crippen LogP contribution in [0.2, 0.25) is 0 Å². The molecule has 0 bridgehead atoms. The van der Waals surface area contributed by atoms with Gasteiger partial charge in [-0.25, -0.2) is 0 Å². The van der Waals surface area contributed by atoms with Gasteiger partial charge in [0.2, 0.25) is 11.8 Å². The molecule has 1 aromatic carbocycles. The van der Waals surface area contributed by atoms with Gasteiger partial charge < -0.3 is 10.6 Å². The Hall–Kier alpha value is -2.14. The number of thiophene rings is 1. The molecule has 5 heteroatoms. The molecule has 2 N–H and O–H groups in total. The van der Waals surface area contributed by atoms with Crippen molar-refractivity contribution in [1.29, 1.82) is 0 Å². The molecule has 2 amide bonds. The summed E-state index contributed by atoms with van der Waals surface area (Å²) in [5.74, 6) is -0.0727. The average molecular weight is 316 g/mol. The van der Waals surface area contributed by atoms with Gasteiger partial charge in [-0.15, -0.1) is 11.3 Å². The highest BCUT2D eigenvalue weighted by Crippen LogP contribution is 2.12. The van der Waals surface area contributed by atoms with Gasteiger partial charge in [0.15, 0.2) is 0 Å². The normalized spacial score (nSPS) is 10.5. The van der Waals surface area contributed by atoms with Gasteiger partial charge in [-0.1, -0.05) is 32.0 Å². The van der Waals surface area contributed by atoms with E-state index >= 15 is 0 Å². The SMILES string of the molecule is CC(C)C(=O)Nc1ccc(CC(=O)NCc2cccs2)cc1. The predicted octanol–water partition coefficient (Wildman–Crippen LogP) is 3.20. The van der Waals surface area contributed by atoms with Gasteiger partial charge in [0.1, 0.15) is 0 Å². The molecule has 4 nitrogen and oxygen atoms in total. The number of hydrogen-bond acceptors (Lipinski definition) is 3. The molecule has 0 saturated heterocycles. The summed E-state index contributed by atoms with van der Waals surface area (Å²) in [5, 5.41) is 7.72. The topological polar surface area (TPSA) is 58.2 Å². The second kappa shape index (κ2) is 7.75. The highest BCUT2D eigenvalue weighted by atomic mass is 32.1. The lowest BCUT2D eigenvalue weighted by Crippen LogP contribution is -2.24. The van der Waals surface area contributed by atoms with Crippen LogP contribution in [0.15, 0.2) is 41.8 Å². The van der Waals surface area contributed by atoms with Gasteiger partial charge in [0, 0.05) is 16.5 Å². The van der Waals surface area contributed by atoms with E-state index in [-0.39, 0.29) is 17.7 Å². The summed E-state index contributed by atoms with van der Waals surface area (Å²) in [7, 11) is 0. The first-order valence-electron chi connectivity index (χ1n) is 7.23. The molecule has 0 fully saturated rings. The number of hydrogen-bond donors (Lipinski definition) is 2. The van der Waals surface area contributed by atoms with E-state index in [4.69, 9.17) is 0 Å². The van der Waals surface area contributed by atoms with Crippen molar-refractivity contribution in [2.24, 2.45) is 5.92 Å². The number of benzene rings is 1. The summed E-state index contributed by atoms with van der Waals surface area (Å²) in [5.41, 5.74) is 1.67. The Morgan fingerprint density at radius 3 is 2.45 bits per heavy atom. The van der Waals surface area contributed by atoms with Crippen molar-refractivity contribution in [3.63, 3.8) is 0 Å². The molecular formula is C17H20N2O2S. The summed E-state index contributed by atoms with van der Waals surface area (Å²) >= 11 is 1.63. The van der Waals surface area contributed by atoms with Crippen molar-refractivity contribution >= 4 is 28.8 Å². The molecule has 0 radical (unpaired) electrons. The van der Waals surface area contributed by atoms with Crippen molar-refractivity contribution in [1.82, 2.24) is 5.32 Å². The van der Waals surface area contributed by atoms with E-state index in [9.17, 15) is 9.59 Å². The van der Waals surface area contributed by atoms with Crippen LogP contribution in [-0.4, -0.2) is 11.8 Å². The first kappa shape index (κ1) is 16.2. The minimum atomic E-state index is -0.0531. The second-order valence-corrected chi connectivity index (χ2v) is 6.41. The van der Waals surface area contributed by atoms with E-state index in [1.807, 2.05) is 55.6 Å². The molecule has 1 heterocycles. The molecule has 0 aliphatic heterocycles. The molecule has 0 saturated carbocycles. The third kappa shape index (κ3) is 5.00. The van der Waals surface area contributed by atoms with Gasteiger partial charge in [-0.3, -0.25) is 9.59 Å². The quantitative estimate of drug-likeness (QED) is 0.860. The second-order valence-electron chi connectivity index (χ2n) is 5.37. The Labute approximate surface area is 134 Å². The maximum Gasteiger partial charge on any atom is 0.226 e. The zero-order valence-corrected chi connectivity index (χ0v) is 13.6. The molecule has 2 aromatic rings. The molecule has 0 atom stereocenters. The monoisotopic (exact) mass is 316 g/mol. The summed E-state index contributed by atoms with van der Waals surface area (Å²) in [6.45, 7) is 4.27. The van der Waals surface area contributed by atoms with Crippen molar-refractivity contribution in [2.45, 2.75) is 26.8 Å². The first-order chi connectivity index (χ1) is 10.5. The Bertz CT molecular complexity index is 619. The third-order valence-electron chi connectivity index (χ3n) is 3.15. The summed E-state index contributed by atoms with van der Waals surface area (Å²) < 4.78 is 0. The van der Waals surface area contributed by atoms with Gasteiger partial charge in [0.05, 0.1) is 13.0 Å². The van der Waals surface area contributed by atoms with Crippen LogP contribution in [0.3, 0.4) is 0 Å². The van der Waals surface area contributed by atoms with Gasteiger partial charge in [0.25, 0.3) is 0 Å². The van der Waals surface area contributed by atoms with Crippen LogP contribution in [0.5, 0.6) is 0 Å². The molecule has 116 valence electrons. The van der Waals surface area contributed by atoms with E-state index in [1.165, 1.54) is 0 Å². The van der Waals surface area contributed by atoms with E-state index < -0.39 is 0 Å². The van der Waals surface area contributed by atoms with Crippen molar-refractivity contribution in [3.8, 4) is 0 Å². The Kier molecular flexibility index (Phi) is 5.72. The van der Waals surface area contributed by atoms with Crippen LogP contribution >= 0.6 is 11.3 Å². The summed E-state index contributed by atoms with van der Waals surface area (Å²) in [6.07, 6.45) is 0.337. The highest BCUT2D eigenvalue weighted by molar-refractivity contribution is 7.09. The lowest BCUT2D eigenvalue weighted by atomic mass is 10.1. The lowest BCUT2D eigenvalue weighted by molar-refractivity contribution is -0.120. The highest BCUT2D eigenvalue weighted by Gasteiger charge is 2.08. The van der Waals surface area contributed by atoms with Crippen molar-refractivity contribution in [3.05, 3.63) is 52.2 Å². The number of anilines is 1. The van der Waals surface area contributed by atoms with Crippen LogP contribution in [0.4, 0.5) is 5.69 Å². The zero-order chi connectivity index (χ0) is 15.9. The standard InChI is InChI=1S/C17H20N2O2S/c1-12(2)17(21)19-14-7-5-13(6-8-14)10-16(20)18-11-15-4-3-9-22-15/h3-9,12H,10-11H2,1-2H3,(H,18,20)(H,19,21). The number of amides is 2. The fourth-order valence-corrected chi connectivity index (χ4v) is 2.48. The van der Waals surface area contributed by atoms with Crippen LogP contribution in [-0.2, 0) is 22.6 Å². The minimum Gasteiger partial charge on any atom is -0.351 e. The Morgan fingerprint density at radius 1 is 1.14 bits per heavy atom. The maximum atomic E-state index is 11.9. The Balaban J connectivity index is 1.82. The zero-order valence-electron chi connectivity index (χ0n) is 12.8. The van der Waals surface area contributed by atoms with Crippen LogP contribution < -0.4 is 10.6 Å². The maximum absolute atomic E-state index is 11.9. The van der Waals surface area contributed by atoms with E-state index in [0.29, 0.717) is 13.0 Å². The van der Waals surface area contributed by atoms with Crippen LogP contribution in [0, 0.1) is 5.92 Å². The van der Waals surface area contributed by atoms with E-state index in [1.54, 1.807) is 11.3 Å². The first-order valence-corrected chi connectivity index (χ1v) is 8.11. The number of rotatable bonds is 6. The molecule has 0 unspecified atom stereocenters. The summed E-state index contributed by atoms with van der Waals surface area (Å²) in [4.78, 5) is 24.6. The molecular weight excluding hydrogens is 296 g/mol. The predicted molar refractivity (Wildman–Crippen MR) is 89.8 cm³/mol. The van der Waals surface area contributed by atoms with Gasteiger partial charge in [-0.05, 0) is 29.1 Å². The van der Waals surface area contributed by atoms with E-state index in [0.717, 1.165) is 16.1 Å². The molecule has 22 heavy (non-hydrogen) atoms. The van der Waals surface area contributed by atoms with E-state index in [2.05, 4.69) is 10.6 Å². The lowest BCUT2D eigenvalue weighted by Gasteiger charge is -2.08. The molecule has 2 rings (SSSR count). The fourth-order valence-electron chi connectivity index (χ4n) is 1.84. The largest absolute Gasteiger partial charge is 0.351 e. The Morgan fingerprint density at radius 2 is 1.86 bits per heavy atom. The average Bonchev–Trinajstić information content (AvgIpc) is 3.00. The number of carbonyl (C=O) groups is 2. The van der Waals surface area contributed by atoms with Crippen LogP contribution in [0.1, 0.15) is 24.3 Å². The van der Waals surface area contributed by atoms with Gasteiger partial charge >= 0.3 is 0 Å². The van der Waals surface area contributed by atoms with Crippen LogP contribution in [0.25, 0.3) is 0 Å². The van der Waals surface area contributed by atoms with Crippen molar-refractivity contribution in [2.75, 3.05) is 5.32 Å². The third-order valence-corrected chi connectivity index (χ3v) is 4.03. The molecule has 0 aliphatic carbocycles. The molecule has 0 aliphatic rings. The number of nitrogens with one attached hydrogen (secondary N) is 2. The van der Waals surface area contributed by atoms with Crippen molar-refractivity contribution < 1.29 is 9.59 Å². The number of carbonyl (C=O) groups excluding carboxylic acids is 2. The fraction of sp³-hybridized carbons (Fsp3) is 0.294. The molecule has 1 aromatic heterocycles. The molecule has 0 spiro atoms. The smallest absolute Gasteiger partial charge is 0.226 e. The minimum absolute atomic E-state index is 0.00707. The van der Waals surface area contributed by atoms with Gasteiger partial charge in [-0.2, -0.15) is 0 Å².